The van der Waals surface area contributed by atoms with Crippen LogP contribution >= 0.6 is 38.5 Å². The molecule has 4 heteroatoms. The molecule has 0 aliphatic carbocycles. The third kappa shape index (κ3) is 1.66. The summed E-state index contributed by atoms with van der Waals surface area (Å²) in [5.74, 6) is 0.615. The van der Waals surface area contributed by atoms with Crippen molar-refractivity contribution in [1.82, 2.24) is 4.98 Å². The van der Waals surface area contributed by atoms with E-state index in [0.717, 1.165) is 19.3 Å². The second kappa shape index (κ2) is 3.26. The molecule has 0 aliphatic heterocycles. The average Bonchev–Trinajstić information content (AvgIpc) is 1.97. The summed E-state index contributed by atoms with van der Waals surface area (Å²) < 4.78 is 2.08. The summed E-state index contributed by atoms with van der Waals surface area (Å²) in [6.45, 7) is 3.96. The number of rotatable bonds is 0. The summed E-state index contributed by atoms with van der Waals surface area (Å²) in [6.07, 6.45) is 0. The van der Waals surface area contributed by atoms with Crippen molar-refractivity contribution in [2.45, 2.75) is 13.8 Å². The number of nitrogen functional groups attached to an aromatic ring is 1. The lowest BCUT2D eigenvalue weighted by Crippen LogP contribution is -1.99. The second-order valence-corrected chi connectivity index (χ2v) is 4.21. The smallest absolute Gasteiger partial charge is 0.137 e. The molecule has 0 aliphatic rings. The summed E-state index contributed by atoms with van der Waals surface area (Å²) in [6, 6.07) is 0. The molecule has 0 atom stereocenters. The van der Waals surface area contributed by atoms with E-state index in [2.05, 4.69) is 43.5 Å². The van der Waals surface area contributed by atoms with Crippen LogP contribution in [0.3, 0.4) is 0 Å². The van der Waals surface area contributed by atoms with E-state index in [9.17, 15) is 0 Å². The first-order valence-corrected chi connectivity index (χ1v) is 4.99. The fraction of sp³-hybridized carbons (Fsp3) is 0.286. The highest BCUT2D eigenvalue weighted by atomic mass is 127. The van der Waals surface area contributed by atoms with Crippen LogP contribution in [-0.2, 0) is 0 Å². The zero-order chi connectivity index (χ0) is 8.59. The molecule has 0 amide bonds. The van der Waals surface area contributed by atoms with Crippen LogP contribution in [0.5, 0.6) is 0 Å². The fourth-order valence-corrected chi connectivity index (χ4v) is 1.89. The number of pyridine rings is 1. The summed E-state index contributed by atoms with van der Waals surface area (Å²) in [5, 5.41) is 0. The normalized spacial score (nSPS) is 10.2. The standard InChI is InChI=1S/C7H8BrIN2/c1-3-5(8)4(2)11-7(10)6(3)9/h1-2H3,(H2,10,11). The van der Waals surface area contributed by atoms with Gasteiger partial charge in [0.15, 0.2) is 0 Å². The maximum absolute atomic E-state index is 5.65. The fourth-order valence-electron chi connectivity index (χ4n) is 0.839. The molecule has 0 radical (unpaired) electrons. The van der Waals surface area contributed by atoms with E-state index in [1.165, 1.54) is 0 Å². The molecule has 0 bridgehead atoms. The molecule has 1 aromatic rings. The molecule has 0 saturated carbocycles. The molecule has 0 spiro atoms. The van der Waals surface area contributed by atoms with Gasteiger partial charge in [0.2, 0.25) is 0 Å². The van der Waals surface area contributed by atoms with Gasteiger partial charge in [-0.1, -0.05) is 0 Å². The van der Waals surface area contributed by atoms with E-state index in [1.54, 1.807) is 0 Å². The van der Waals surface area contributed by atoms with E-state index in [4.69, 9.17) is 5.73 Å². The predicted molar refractivity (Wildman–Crippen MR) is 58.5 cm³/mol. The second-order valence-electron chi connectivity index (χ2n) is 2.34. The van der Waals surface area contributed by atoms with Crippen molar-refractivity contribution in [3.8, 4) is 0 Å². The first-order valence-electron chi connectivity index (χ1n) is 3.11. The molecule has 2 nitrogen and oxygen atoms in total. The SMILES string of the molecule is Cc1nc(N)c(I)c(C)c1Br. The molecule has 0 saturated heterocycles. The molecule has 0 aromatic carbocycles. The van der Waals surface area contributed by atoms with Crippen LogP contribution in [0.2, 0.25) is 0 Å². The minimum absolute atomic E-state index is 0.615. The zero-order valence-electron chi connectivity index (χ0n) is 6.28. The van der Waals surface area contributed by atoms with E-state index in [-0.39, 0.29) is 0 Å². The van der Waals surface area contributed by atoms with Gasteiger partial charge in [-0.15, -0.1) is 0 Å². The Morgan fingerprint density at radius 3 is 2.55 bits per heavy atom. The Kier molecular flexibility index (Phi) is 2.74. The summed E-state index contributed by atoms with van der Waals surface area (Å²) in [7, 11) is 0. The molecule has 1 rings (SSSR count). The lowest BCUT2D eigenvalue weighted by Gasteiger charge is -2.06. The molecule has 0 fully saturated rings. The number of aromatic nitrogens is 1. The van der Waals surface area contributed by atoms with Gasteiger partial charge in [0.05, 0.1) is 9.26 Å². The largest absolute Gasteiger partial charge is 0.383 e. The number of anilines is 1. The third-order valence-electron chi connectivity index (χ3n) is 1.49. The molecule has 0 unspecified atom stereocenters. The average molecular weight is 327 g/mol. The Labute approximate surface area is 87.9 Å². The van der Waals surface area contributed by atoms with E-state index >= 15 is 0 Å². The number of nitrogens with zero attached hydrogens (tertiary/aromatic N) is 1. The number of aryl methyl sites for hydroxylation is 1. The van der Waals surface area contributed by atoms with E-state index in [0.29, 0.717) is 5.82 Å². The maximum Gasteiger partial charge on any atom is 0.137 e. The molecule has 2 N–H and O–H groups in total. The molecule has 60 valence electrons. The van der Waals surface area contributed by atoms with Gasteiger partial charge < -0.3 is 5.73 Å². The van der Waals surface area contributed by atoms with Crippen LogP contribution in [0.25, 0.3) is 0 Å². The minimum atomic E-state index is 0.615. The van der Waals surface area contributed by atoms with Gasteiger partial charge >= 0.3 is 0 Å². The highest BCUT2D eigenvalue weighted by molar-refractivity contribution is 14.1. The van der Waals surface area contributed by atoms with Crippen molar-refractivity contribution in [1.29, 1.82) is 0 Å². The number of hydrogen-bond donors (Lipinski definition) is 1. The van der Waals surface area contributed by atoms with Gasteiger partial charge in [0, 0.05) is 4.47 Å². The van der Waals surface area contributed by atoms with Gasteiger partial charge in [-0.05, 0) is 57.9 Å². The first kappa shape index (κ1) is 9.25. The zero-order valence-corrected chi connectivity index (χ0v) is 10.0. The summed E-state index contributed by atoms with van der Waals surface area (Å²) >= 11 is 5.63. The summed E-state index contributed by atoms with van der Waals surface area (Å²) in [5.41, 5.74) is 7.76. The van der Waals surface area contributed by atoms with Gasteiger partial charge in [-0.3, -0.25) is 0 Å². The quantitative estimate of drug-likeness (QED) is 0.744. The van der Waals surface area contributed by atoms with Crippen LogP contribution in [0.15, 0.2) is 4.47 Å². The minimum Gasteiger partial charge on any atom is -0.383 e. The van der Waals surface area contributed by atoms with Gasteiger partial charge in [0.1, 0.15) is 5.82 Å². The highest BCUT2D eigenvalue weighted by Gasteiger charge is 2.07. The summed E-state index contributed by atoms with van der Waals surface area (Å²) in [4.78, 5) is 4.16. The van der Waals surface area contributed by atoms with Gasteiger partial charge in [0.25, 0.3) is 0 Å². The molecule has 11 heavy (non-hydrogen) atoms. The first-order chi connectivity index (χ1) is 5.04. The Balaban J connectivity index is 3.46. The van der Waals surface area contributed by atoms with Crippen molar-refractivity contribution < 1.29 is 0 Å². The van der Waals surface area contributed by atoms with Crippen molar-refractivity contribution in [2.24, 2.45) is 0 Å². The number of halogens is 2. The molecular formula is C7H8BrIN2. The Bertz CT molecular complexity index is 273. The Morgan fingerprint density at radius 1 is 1.45 bits per heavy atom. The van der Waals surface area contributed by atoms with Gasteiger partial charge in [-0.2, -0.15) is 0 Å². The lowest BCUT2D eigenvalue weighted by molar-refractivity contribution is 1.15. The molecule has 1 heterocycles. The van der Waals surface area contributed by atoms with E-state index < -0.39 is 0 Å². The van der Waals surface area contributed by atoms with Crippen LogP contribution in [0.1, 0.15) is 11.3 Å². The molecule has 1 aromatic heterocycles. The number of nitrogens with two attached hydrogens (primary N) is 1. The Morgan fingerprint density at radius 2 is 2.00 bits per heavy atom. The van der Waals surface area contributed by atoms with Crippen LogP contribution < -0.4 is 5.73 Å². The van der Waals surface area contributed by atoms with Crippen LogP contribution in [0, 0.1) is 17.4 Å². The number of hydrogen-bond acceptors (Lipinski definition) is 2. The Hall–Kier alpha value is 0.160. The van der Waals surface area contributed by atoms with Crippen molar-refractivity contribution >= 4 is 44.3 Å². The third-order valence-corrected chi connectivity index (χ3v) is 4.02. The highest BCUT2D eigenvalue weighted by Crippen LogP contribution is 2.26. The van der Waals surface area contributed by atoms with Crippen molar-refractivity contribution in [3.63, 3.8) is 0 Å². The predicted octanol–water partition coefficient (Wildman–Crippen LogP) is 2.65. The van der Waals surface area contributed by atoms with E-state index in [1.807, 2.05) is 13.8 Å². The maximum atomic E-state index is 5.65. The van der Waals surface area contributed by atoms with Crippen LogP contribution in [0.4, 0.5) is 5.82 Å². The lowest BCUT2D eigenvalue weighted by atomic mass is 10.2. The van der Waals surface area contributed by atoms with Crippen molar-refractivity contribution in [3.05, 3.63) is 19.3 Å². The topological polar surface area (TPSA) is 38.9 Å². The monoisotopic (exact) mass is 326 g/mol. The van der Waals surface area contributed by atoms with Crippen molar-refractivity contribution in [2.75, 3.05) is 5.73 Å². The molecular weight excluding hydrogens is 319 g/mol. The van der Waals surface area contributed by atoms with Crippen LogP contribution in [-0.4, -0.2) is 4.98 Å². The van der Waals surface area contributed by atoms with Gasteiger partial charge in [-0.25, -0.2) is 4.98 Å².